The molecule has 0 saturated heterocycles. The highest BCUT2D eigenvalue weighted by molar-refractivity contribution is 5.96. The number of carbonyl (C=O) groups excluding carboxylic acids is 1. The van der Waals surface area contributed by atoms with Crippen molar-refractivity contribution >= 4 is 17.3 Å². The molecule has 21 heavy (non-hydrogen) atoms. The molecule has 0 heterocycles. The summed E-state index contributed by atoms with van der Waals surface area (Å²) in [6.45, 7) is 2.66. The van der Waals surface area contributed by atoms with Crippen molar-refractivity contribution in [2.24, 2.45) is 5.92 Å². The van der Waals surface area contributed by atoms with Crippen LogP contribution in [0.15, 0.2) is 48.5 Å². The standard InChI is InChI=1S/C18H20N2O/c1-2-20(17-9-5-8-16(19)12-17)18(21)15-10-13-6-3-4-7-14(13)11-15/h3-9,12,15H,2,10-11,19H2,1H3. The lowest BCUT2D eigenvalue weighted by molar-refractivity contribution is -0.122. The molecule has 0 atom stereocenters. The molecule has 0 aromatic heterocycles. The molecule has 0 unspecified atom stereocenters. The van der Waals surface area contributed by atoms with Crippen LogP contribution >= 0.6 is 0 Å². The van der Waals surface area contributed by atoms with E-state index in [0.29, 0.717) is 12.2 Å². The van der Waals surface area contributed by atoms with E-state index in [4.69, 9.17) is 5.73 Å². The smallest absolute Gasteiger partial charge is 0.230 e. The Morgan fingerprint density at radius 2 is 1.81 bits per heavy atom. The molecule has 3 rings (SSSR count). The fourth-order valence-corrected chi connectivity index (χ4v) is 3.11. The molecular weight excluding hydrogens is 260 g/mol. The fraction of sp³-hybridized carbons (Fsp3) is 0.278. The van der Waals surface area contributed by atoms with E-state index in [1.807, 2.05) is 48.2 Å². The van der Waals surface area contributed by atoms with Gasteiger partial charge in [-0.25, -0.2) is 0 Å². The van der Waals surface area contributed by atoms with Crippen LogP contribution in [0.4, 0.5) is 11.4 Å². The number of nitrogens with zero attached hydrogens (tertiary/aromatic N) is 1. The van der Waals surface area contributed by atoms with Gasteiger partial charge in [0.1, 0.15) is 0 Å². The molecule has 0 bridgehead atoms. The van der Waals surface area contributed by atoms with Crippen LogP contribution < -0.4 is 10.6 Å². The number of nitrogens with two attached hydrogens (primary N) is 1. The van der Waals surface area contributed by atoms with E-state index >= 15 is 0 Å². The van der Waals surface area contributed by atoms with E-state index in [9.17, 15) is 4.79 Å². The number of rotatable bonds is 3. The van der Waals surface area contributed by atoms with Crippen molar-refractivity contribution in [3.05, 3.63) is 59.7 Å². The Kier molecular flexibility index (Phi) is 3.65. The van der Waals surface area contributed by atoms with Gasteiger partial charge in [-0.3, -0.25) is 4.79 Å². The van der Waals surface area contributed by atoms with Crippen molar-refractivity contribution in [1.82, 2.24) is 0 Å². The summed E-state index contributed by atoms with van der Waals surface area (Å²) in [5, 5.41) is 0. The topological polar surface area (TPSA) is 46.3 Å². The SMILES string of the molecule is CCN(C(=O)C1Cc2ccccc2C1)c1cccc(N)c1. The minimum atomic E-state index is 0.0452. The van der Waals surface area contributed by atoms with Crippen LogP contribution in [0.1, 0.15) is 18.1 Å². The summed E-state index contributed by atoms with van der Waals surface area (Å²) < 4.78 is 0. The van der Waals surface area contributed by atoms with Crippen LogP contribution in [0.2, 0.25) is 0 Å². The van der Waals surface area contributed by atoms with Gasteiger partial charge in [-0.15, -0.1) is 0 Å². The molecule has 2 aromatic rings. The summed E-state index contributed by atoms with van der Waals surface area (Å²) in [4.78, 5) is 14.7. The highest BCUT2D eigenvalue weighted by atomic mass is 16.2. The van der Waals surface area contributed by atoms with Crippen LogP contribution in [0, 0.1) is 5.92 Å². The molecule has 3 nitrogen and oxygen atoms in total. The number of nitrogen functional groups attached to an aromatic ring is 1. The van der Waals surface area contributed by atoms with Crippen molar-refractivity contribution in [3.8, 4) is 0 Å². The molecule has 1 amide bonds. The monoisotopic (exact) mass is 280 g/mol. The van der Waals surface area contributed by atoms with Crippen molar-refractivity contribution in [2.75, 3.05) is 17.2 Å². The molecule has 0 aliphatic heterocycles. The van der Waals surface area contributed by atoms with E-state index in [2.05, 4.69) is 12.1 Å². The van der Waals surface area contributed by atoms with E-state index in [0.717, 1.165) is 18.5 Å². The molecule has 108 valence electrons. The predicted octanol–water partition coefficient (Wildman–Crippen LogP) is 3.04. The van der Waals surface area contributed by atoms with E-state index in [-0.39, 0.29) is 11.8 Å². The maximum atomic E-state index is 12.8. The zero-order chi connectivity index (χ0) is 14.8. The first-order valence-corrected chi connectivity index (χ1v) is 7.42. The third-order valence-electron chi connectivity index (χ3n) is 4.16. The number of anilines is 2. The fourth-order valence-electron chi connectivity index (χ4n) is 3.11. The molecule has 3 heteroatoms. The Labute approximate surface area is 125 Å². The number of hydrogen-bond donors (Lipinski definition) is 1. The number of benzene rings is 2. The first-order valence-electron chi connectivity index (χ1n) is 7.42. The third-order valence-corrected chi connectivity index (χ3v) is 4.16. The average Bonchev–Trinajstić information content (AvgIpc) is 2.92. The zero-order valence-electron chi connectivity index (χ0n) is 12.3. The Morgan fingerprint density at radius 3 is 2.38 bits per heavy atom. The van der Waals surface area contributed by atoms with Crippen LogP contribution in [0.5, 0.6) is 0 Å². The second kappa shape index (κ2) is 5.60. The first-order chi connectivity index (χ1) is 10.2. The van der Waals surface area contributed by atoms with E-state index in [1.165, 1.54) is 11.1 Å². The molecule has 2 aromatic carbocycles. The van der Waals surface area contributed by atoms with E-state index in [1.54, 1.807) is 0 Å². The van der Waals surface area contributed by atoms with Crippen molar-refractivity contribution < 1.29 is 4.79 Å². The van der Waals surface area contributed by atoms with Crippen LogP contribution in [0.25, 0.3) is 0 Å². The summed E-state index contributed by atoms with van der Waals surface area (Å²) in [7, 11) is 0. The van der Waals surface area contributed by atoms with Gasteiger partial charge in [0.25, 0.3) is 0 Å². The maximum Gasteiger partial charge on any atom is 0.230 e. The minimum Gasteiger partial charge on any atom is -0.399 e. The Bertz CT molecular complexity index is 641. The number of fused-ring (bicyclic) bond motifs is 1. The summed E-state index contributed by atoms with van der Waals surface area (Å²) in [6, 6.07) is 15.9. The molecule has 0 radical (unpaired) electrons. The van der Waals surface area contributed by atoms with Crippen LogP contribution in [-0.2, 0) is 17.6 Å². The largest absolute Gasteiger partial charge is 0.399 e. The second-order valence-electron chi connectivity index (χ2n) is 5.55. The van der Waals surface area contributed by atoms with Gasteiger partial charge in [0.2, 0.25) is 5.91 Å². The van der Waals surface area contributed by atoms with E-state index < -0.39 is 0 Å². The minimum absolute atomic E-state index is 0.0452. The Hall–Kier alpha value is -2.29. The highest BCUT2D eigenvalue weighted by Crippen LogP contribution is 2.29. The summed E-state index contributed by atoms with van der Waals surface area (Å²) in [5.74, 6) is 0.239. The molecule has 0 saturated carbocycles. The molecule has 1 aliphatic carbocycles. The van der Waals surface area contributed by atoms with Crippen molar-refractivity contribution in [3.63, 3.8) is 0 Å². The van der Waals surface area contributed by atoms with Gasteiger partial charge < -0.3 is 10.6 Å². The third kappa shape index (κ3) is 2.64. The number of amides is 1. The Morgan fingerprint density at radius 1 is 1.14 bits per heavy atom. The van der Waals surface area contributed by atoms with Gasteiger partial charge in [-0.1, -0.05) is 30.3 Å². The summed E-state index contributed by atoms with van der Waals surface area (Å²) in [6.07, 6.45) is 1.68. The van der Waals surface area contributed by atoms with Gasteiger partial charge in [-0.2, -0.15) is 0 Å². The molecular formula is C18H20N2O. The predicted molar refractivity (Wildman–Crippen MR) is 86.2 cm³/mol. The average molecular weight is 280 g/mol. The second-order valence-corrected chi connectivity index (χ2v) is 5.55. The number of hydrogen-bond acceptors (Lipinski definition) is 2. The van der Waals surface area contributed by atoms with Gasteiger partial charge in [0, 0.05) is 23.8 Å². The lowest BCUT2D eigenvalue weighted by atomic mass is 10.0. The normalized spacial score (nSPS) is 14.0. The van der Waals surface area contributed by atoms with Crippen molar-refractivity contribution in [1.29, 1.82) is 0 Å². The molecule has 0 spiro atoms. The number of carbonyl (C=O) groups is 1. The highest BCUT2D eigenvalue weighted by Gasteiger charge is 2.30. The van der Waals surface area contributed by atoms with Crippen LogP contribution in [-0.4, -0.2) is 12.5 Å². The van der Waals surface area contributed by atoms with Gasteiger partial charge >= 0.3 is 0 Å². The van der Waals surface area contributed by atoms with Crippen molar-refractivity contribution in [2.45, 2.75) is 19.8 Å². The van der Waals surface area contributed by atoms with Gasteiger partial charge in [-0.05, 0) is 49.1 Å². The summed E-state index contributed by atoms with van der Waals surface area (Å²) in [5.41, 5.74) is 10.0. The lowest BCUT2D eigenvalue weighted by Crippen LogP contribution is -2.36. The Balaban J connectivity index is 1.81. The first kappa shape index (κ1) is 13.7. The summed E-state index contributed by atoms with van der Waals surface area (Å²) >= 11 is 0. The maximum absolute atomic E-state index is 12.8. The molecule has 2 N–H and O–H groups in total. The van der Waals surface area contributed by atoms with Crippen LogP contribution in [0.3, 0.4) is 0 Å². The molecule has 0 fully saturated rings. The lowest BCUT2D eigenvalue weighted by Gasteiger charge is -2.24. The quantitative estimate of drug-likeness (QED) is 0.878. The molecule has 1 aliphatic rings. The van der Waals surface area contributed by atoms with Gasteiger partial charge in [0.05, 0.1) is 0 Å². The van der Waals surface area contributed by atoms with Gasteiger partial charge in [0.15, 0.2) is 0 Å². The zero-order valence-corrected chi connectivity index (χ0v) is 12.3.